The van der Waals surface area contributed by atoms with Gasteiger partial charge in [0.15, 0.2) is 0 Å². The van der Waals surface area contributed by atoms with Crippen molar-refractivity contribution in [3.05, 3.63) is 45.2 Å². The number of thiocarbonyl (C=S) groups is 1. The molecule has 25 heavy (non-hydrogen) atoms. The second kappa shape index (κ2) is 7.34. The van der Waals surface area contributed by atoms with Gasteiger partial charge in [0.2, 0.25) is 0 Å². The summed E-state index contributed by atoms with van der Waals surface area (Å²) in [5.41, 5.74) is 0.508. The van der Waals surface area contributed by atoms with Crippen molar-refractivity contribution < 1.29 is 9.90 Å². The summed E-state index contributed by atoms with van der Waals surface area (Å²) in [6, 6.07) is 5.26. The standard InChI is InChI=1S/C16H16N4O3S2/c1-19-15(23)11(25-16(19)24)9-10-13(17-6-4-8-21)18-12-5-2-3-7-20(12)14(10)22/h2-3,5,7,9,17,21H,4,6,8H2,1H3. The summed E-state index contributed by atoms with van der Waals surface area (Å²) in [6.45, 7) is 0.491. The molecule has 1 amide bonds. The van der Waals surface area contributed by atoms with Gasteiger partial charge in [-0.2, -0.15) is 0 Å². The number of aromatic nitrogens is 2. The normalized spacial score (nSPS) is 16.2. The fourth-order valence-electron chi connectivity index (χ4n) is 2.33. The summed E-state index contributed by atoms with van der Waals surface area (Å²) in [5.74, 6) is 0.139. The van der Waals surface area contributed by atoms with Gasteiger partial charge < -0.3 is 10.4 Å². The fraction of sp³-hybridized carbons (Fsp3) is 0.250. The first-order chi connectivity index (χ1) is 12.0. The van der Waals surface area contributed by atoms with Crippen molar-refractivity contribution in [2.45, 2.75) is 6.42 Å². The van der Waals surface area contributed by atoms with Gasteiger partial charge in [-0.15, -0.1) is 0 Å². The summed E-state index contributed by atoms with van der Waals surface area (Å²) in [4.78, 5) is 31.3. The van der Waals surface area contributed by atoms with Gasteiger partial charge in [-0.05, 0) is 24.6 Å². The van der Waals surface area contributed by atoms with Crippen LogP contribution >= 0.6 is 24.0 Å². The molecule has 3 heterocycles. The number of carbonyl (C=O) groups excluding carboxylic acids is 1. The van der Waals surface area contributed by atoms with Crippen LogP contribution in [0, 0.1) is 0 Å². The Morgan fingerprint density at radius 1 is 1.40 bits per heavy atom. The van der Waals surface area contributed by atoms with Crippen LogP contribution in [0.5, 0.6) is 0 Å². The number of pyridine rings is 1. The lowest BCUT2D eigenvalue weighted by atomic mass is 10.2. The number of hydrogen-bond donors (Lipinski definition) is 2. The Bertz CT molecular complexity index is 939. The van der Waals surface area contributed by atoms with Gasteiger partial charge in [0, 0.05) is 26.4 Å². The van der Waals surface area contributed by atoms with Crippen molar-refractivity contribution in [2.75, 3.05) is 25.5 Å². The molecule has 0 saturated carbocycles. The monoisotopic (exact) mass is 376 g/mol. The molecule has 2 aromatic rings. The molecule has 0 aromatic carbocycles. The number of fused-ring (bicyclic) bond motifs is 1. The molecule has 0 spiro atoms. The van der Waals surface area contributed by atoms with Crippen molar-refractivity contribution >= 4 is 51.7 Å². The molecule has 130 valence electrons. The number of aliphatic hydroxyl groups is 1. The van der Waals surface area contributed by atoms with Crippen LogP contribution < -0.4 is 10.9 Å². The maximum Gasteiger partial charge on any atom is 0.267 e. The molecule has 1 aliphatic heterocycles. The lowest BCUT2D eigenvalue weighted by Crippen LogP contribution is -2.23. The Balaban J connectivity index is 2.13. The van der Waals surface area contributed by atoms with Crippen LogP contribution in [0.2, 0.25) is 0 Å². The Labute approximate surface area is 153 Å². The second-order valence-corrected chi connectivity index (χ2v) is 7.03. The quantitative estimate of drug-likeness (QED) is 0.462. The number of nitrogens with one attached hydrogen (secondary N) is 1. The molecule has 0 radical (unpaired) electrons. The highest BCUT2D eigenvalue weighted by atomic mass is 32.2. The lowest BCUT2D eigenvalue weighted by Gasteiger charge is -2.10. The third-order valence-corrected chi connectivity index (χ3v) is 5.14. The first kappa shape index (κ1) is 17.6. The predicted octanol–water partition coefficient (Wildman–Crippen LogP) is 1.32. The van der Waals surface area contributed by atoms with Crippen molar-refractivity contribution in [3.8, 4) is 0 Å². The zero-order valence-electron chi connectivity index (χ0n) is 13.4. The van der Waals surface area contributed by atoms with E-state index in [-0.39, 0.29) is 23.6 Å². The summed E-state index contributed by atoms with van der Waals surface area (Å²) < 4.78 is 1.87. The van der Waals surface area contributed by atoms with Gasteiger partial charge in [0.1, 0.15) is 15.8 Å². The van der Waals surface area contributed by atoms with Gasteiger partial charge >= 0.3 is 0 Å². The number of amides is 1. The van der Waals surface area contributed by atoms with E-state index in [1.54, 1.807) is 31.4 Å². The van der Waals surface area contributed by atoms with E-state index in [2.05, 4.69) is 10.3 Å². The van der Waals surface area contributed by atoms with E-state index in [0.717, 1.165) is 11.8 Å². The minimum absolute atomic E-state index is 0.0311. The highest BCUT2D eigenvalue weighted by Gasteiger charge is 2.29. The maximum absolute atomic E-state index is 12.9. The largest absolute Gasteiger partial charge is 0.396 e. The highest BCUT2D eigenvalue weighted by Crippen LogP contribution is 2.31. The van der Waals surface area contributed by atoms with E-state index in [1.165, 1.54) is 15.4 Å². The molecule has 1 aliphatic rings. The fourth-order valence-corrected chi connectivity index (χ4v) is 3.49. The van der Waals surface area contributed by atoms with Crippen LogP contribution in [0.15, 0.2) is 34.1 Å². The lowest BCUT2D eigenvalue weighted by molar-refractivity contribution is -0.121. The van der Waals surface area contributed by atoms with Gasteiger partial charge in [-0.3, -0.25) is 18.9 Å². The van der Waals surface area contributed by atoms with Crippen molar-refractivity contribution in [3.63, 3.8) is 0 Å². The molecular formula is C16H16N4O3S2. The maximum atomic E-state index is 12.9. The Kier molecular flexibility index (Phi) is 5.16. The Hall–Kier alpha value is -2.23. The number of carbonyl (C=O) groups is 1. The van der Waals surface area contributed by atoms with E-state index in [0.29, 0.717) is 33.7 Å². The molecule has 2 N–H and O–H groups in total. The minimum atomic E-state index is -0.279. The van der Waals surface area contributed by atoms with Gasteiger partial charge in [0.05, 0.1) is 10.5 Å². The molecule has 1 fully saturated rings. The first-order valence-electron chi connectivity index (χ1n) is 7.60. The van der Waals surface area contributed by atoms with Crippen LogP contribution in [-0.4, -0.2) is 49.8 Å². The first-order valence-corrected chi connectivity index (χ1v) is 8.83. The average molecular weight is 376 g/mol. The van der Waals surface area contributed by atoms with Crippen LogP contribution in [0.3, 0.4) is 0 Å². The van der Waals surface area contributed by atoms with E-state index < -0.39 is 0 Å². The van der Waals surface area contributed by atoms with Crippen LogP contribution in [0.1, 0.15) is 12.0 Å². The van der Waals surface area contributed by atoms with Crippen LogP contribution in [0.25, 0.3) is 11.7 Å². The molecular weight excluding hydrogens is 360 g/mol. The molecule has 0 unspecified atom stereocenters. The Morgan fingerprint density at radius 3 is 2.88 bits per heavy atom. The SMILES string of the molecule is CN1C(=O)C(=Cc2c(NCCCO)nc3ccccn3c2=O)SC1=S. The molecule has 0 bridgehead atoms. The average Bonchev–Trinajstić information content (AvgIpc) is 2.85. The minimum Gasteiger partial charge on any atom is -0.396 e. The molecule has 0 atom stereocenters. The number of anilines is 1. The zero-order chi connectivity index (χ0) is 18.0. The van der Waals surface area contributed by atoms with Crippen molar-refractivity contribution in [1.82, 2.24) is 14.3 Å². The van der Waals surface area contributed by atoms with Crippen molar-refractivity contribution in [2.24, 2.45) is 0 Å². The summed E-state index contributed by atoms with van der Waals surface area (Å²) >= 11 is 6.28. The third-order valence-electron chi connectivity index (χ3n) is 3.66. The molecule has 0 aliphatic carbocycles. The van der Waals surface area contributed by atoms with Gasteiger partial charge in [-0.1, -0.05) is 30.0 Å². The molecule has 7 nitrogen and oxygen atoms in total. The van der Waals surface area contributed by atoms with E-state index in [9.17, 15) is 9.59 Å². The molecule has 3 rings (SSSR count). The third kappa shape index (κ3) is 3.44. The van der Waals surface area contributed by atoms with E-state index >= 15 is 0 Å². The predicted molar refractivity (Wildman–Crippen MR) is 103 cm³/mol. The molecule has 9 heteroatoms. The number of nitrogens with zero attached hydrogens (tertiary/aromatic N) is 3. The molecule has 2 aromatic heterocycles. The van der Waals surface area contributed by atoms with Crippen LogP contribution in [0.4, 0.5) is 5.82 Å². The summed E-state index contributed by atoms with van der Waals surface area (Å²) in [7, 11) is 1.60. The zero-order valence-corrected chi connectivity index (χ0v) is 15.1. The summed E-state index contributed by atoms with van der Waals surface area (Å²) in [6.07, 6.45) is 3.68. The number of hydrogen-bond acceptors (Lipinski definition) is 7. The summed E-state index contributed by atoms with van der Waals surface area (Å²) in [5, 5.41) is 12.0. The topological polar surface area (TPSA) is 86.9 Å². The Morgan fingerprint density at radius 2 is 2.20 bits per heavy atom. The smallest absolute Gasteiger partial charge is 0.267 e. The van der Waals surface area contributed by atoms with E-state index in [4.69, 9.17) is 17.3 Å². The number of rotatable bonds is 5. The highest BCUT2D eigenvalue weighted by molar-refractivity contribution is 8.26. The van der Waals surface area contributed by atoms with Crippen molar-refractivity contribution in [1.29, 1.82) is 0 Å². The van der Waals surface area contributed by atoms with Gasteiger partial charge in [-0.25, -0.2) is 4.98 Å². The van der Waals surface area contributed by atoms with Gasteiger partial charge in [0.25, 0.3) is 11.5 Å². The second-order valence-electron chi connectivity index (χ2n) is 5.35. The number of likely N-dealkylation sites (N-methyl/N-ethyl adjacent to an activating group) is 1. The van der Waals surface area contributed by atoms with E-state index in [1.807, 2.05) is 0 Å². The molecule has 1 saturated heterocycles. The number of thioether (sulfide) groups is 1. The van der Waals surface area contributed by atoms with Crippen LogP contribution in [-0.2, 0) is 4.79 Å². The number of aliphatic hydroxyl groups excluding tert-OH is 1.